The van der Waals surface area contributed by atoms with E-state index in [-0.39, 0.29) is 0 Å². The smallest absolute Gasteiger partial charge is 0.213 e. The van der Waals surface area contributed by atoms with Crippen molar-refractivity contribution in [1.82, 2.24) is 15.2 Å². The summed E-state index contributed by atoms with van der Waals surface area (Å²) in [7, 11) is 0. The average Bonchev–Trinajstić information content (AvgIpc) is 2.63. The van der Waals surface area contributed by atoms with E-state index in [0.29, 0.717) is 5.16 Å². The zero-order valence-electron chi connectivity index (χ0n) is 5.74. The molecule has 0 aliphatic rings. The summed E-state index contributed by atoms with van der Waals surface area (Å²) in [6.07, 6.45) is 1.54. The Morgan fingerprint density at radius 3 is 3.17 bits per heavy atom. The highest BCUT2D eigenvalue weighted by Gasteiger charge is 2.03. The van der Waals surface area contributed by atoms with Crippen LogP contribution < -0.4 is 0 Å². The molecule has 0 unspecified atom stereocenters. The fourth-order valence-corrected chi connectivity index (χ4v) is 2.63. The Labute approximate surface area is 82.2 Å². The highest BCUT2D eigenvalue weighted by molar-refractivity contribution is 8.01. The molecule has 2 aromatic rings. The largest absolute Gasteiger partial charge is 0.265 e. The molecule has 0 aliphatic carbocycles. The van der Waals surface area contributed by atoms with Gasteiger partial charge in [0, 0.05) is 6.07 Å². The minimum absolute atomic E-state index is 0.685. The van der Waals surface area contributed by atoms with Gasteiger partial charge >= 0.3 is 0 Å². The number of hydrogen-bond donors (Lipinski definition) is 1. The van der Waals surface area contributed by atoms with Crippen molar-refractivity contribution < 1.29 is 0 Å². The summed E-state index contributed by atoms with van der Waals surface area (Å²) < 4.78 is 1.70. The van der Waals surface area contributed by atoms with Crippen LogP contribution in [-0.4, -0.2) is 15.2 Å². The standard InChI is InChI=1S/C6H3ClN3S2/c7-4-1-2-5(11-4)12-6-8-3-9-10-6/h1,3H,(H,8,9,10). The van der Waals surface area contributed by atoms with E-state index >= 15 is 0 Å². The molecule has 0 aliphatic heterocycles. The SMILES string of the molecule is Clc1c[c]c(Sc2nc[nH]n2)s1. The fraction of sp³-hybridized carbons (Fsp3) is 0. The molecule has 0 aromatic carbocycles. The maximum Gasteiger partial charge on any atom is 0.213 e. The van der Waals surface area contributed by atoms with Crippen molar-refractivity contribution in [2.75, 3.05) is 0 Å². The van der Waals surface area contributed by atoms with Gasteiger partial charge in [-0.25, -0.2) is 4.98 Å². The molecular weight excluding hydrogens is 214 g/mol. The number of nitrogens with zero attached hydrogens (tertiary/aromatic N) is 2. The van der Waals surface area contributed by atoms with Gasteiger partial charge < -0.3 is 0 Å². The van der Waals surface area contributed by atoms with Crippen LogP contribution >= 0.6 is 34.7 Å². The van der Waals surface area contributed by atoms with Crippen molar-refractivity contribution >= 4 is 34.7 Å². The van der Waals surface area contributed by atoms with Crippen LogP contribution in [0, 0.1) is 6.07 Å². The van der Waals surface area contributed by atoms with Gasteiger partial charge in [0.05, 0.1) is 8.55 Å². The lowest BCUT2D eigenvalue weighted by atomic mass is 10.7. The molecule has 2 aromatic heterocycles. The highest BCUT2D eigenvalue weighted by atomic mass is 35.5. The van der Waals surface area contributed by atoms with E-state index in [4.69, 9.17) is 11.6 Å². The van der Waals surface area contributed by atoms with Gasteiger partial charge in [0.15, 0.2) is 0 Å². The number of aromatic nitrogens is 3. The Morgan fingerprint density at radius 1 is 1.67 bits per heavy atom. The molecule has 61 valence electrons. The van der Waals surface area contributed by atoms with Gasteiger partial charge in [-0.1, -0.05) is 11.6 Å². The third-order valence-electron chi connectivity index (χ3n) is 1.07. The van der Waals surface area contributed by atoms with Crippen LogP contribution in [0.1, 0.15) is 0 Å². The highest BCUT2D eigenvalue weighted by Crippen LogP contribution is 2.32. The lowest BCUT2D eigenvalue weighted by molar-refractivity contribution is 0.974. The van der Waals surface area contributed by atoms with Crippen LogP contribution in [-0.2, 0) is 0 Å². The van der Waals surface area contributed by atoms with Crippen LogP contribution in [0.25, 0.3) is 0 Å². The first-order chi connectivity index (χ1) is 5.84. The molecule has 6 heteroatoms. The number of rotatable bonds is 2. The summed E-state index contributed by atoms with van der Waals surface area (Å²) in [5, 5.41) is 7.21. The summed E-state index contributed by atoms with van der Waals surface area (Å²) in [4.78, 5) is 3.96. The molecule has 0 bridgehead atoms. The average molecular weight is 217 g/mol. The Kier molecular flexibility index (Phi) is 2.34. The first-order valence-electron chi connectivity index (χ1n) is 3.05. The first kappa shape index (κ1) is 8.10. The molecule has 0 saturated heterocycles. The maximum absolute atomic E-state index is 5.73. The Balaban J connectivity index is 2.14. The third-order valence-corrected chi connectivity index (χ3v) is 3.21. The molecule has 0 saturated carbocycles. The number of aromatic amines is 1. The molecule has 2 heterocycles. The van der Waals surface area contributed by atoms with Gasteiger partial charge in [-0.05, 0) is 17.8 Å². The van der Waals surface area contributed by atoms with Crippen molar-refractivity contribution in [3.8, 4) is 0 Å². The second kappa shape index (κ2) is 3.47. The van der Waals surface area contributed by atoms with E-state index in [1.54, 1.807) is 6.07 Å². The molecule has 12 heavy (non-hydrogen) atoms. The Bertz CT molecular complexity index is 357. The minimum Gasteiger partial charge on any atom is -0.265 e. The monoisotopic (exact) mass is 216 g/mol. The molecule has 0 amide bonds. The second-order valence-corrected chi connectivity index (χ2v) is 4.79. The van der Waals surface area contributed by atoms with E-state index < -0.39 is 0 Å². The van der Waals surface area contributed by atoms with Crippen LogP contribution in [0.5, 0.6) is 0 Å². The normalized spacial score (nSPS) is 10.4. The Morgan fingerprint density at radius 2 is 2.58 bits per heavy atom. The van der Waals surface area contributed by atoms with Gasteiger partial charge in [-0.3, -0.25) is 5.10 Å². The number of nitrogens with one attached hydrogen (secondary N) is 1. The van der Waals surface area contributed by atoms with E-state index in [1.807, 2.05) is 0 Å². The van der Waals surface area contributed by atoms with Gasteiger partial charge in [0.2, 0.25) is 5.16 Å². The van der Waals surface area contributed by atoms with Gasteiger partial charge in [0.25, 0.3) is 0 Å². The lowest BCUT2D eigenvalue weighted by Crippen LogP contribution is -1.71. The van der Waals surface area contributed by atoms with E-state index in [2.05, 4.69) is 21.2 Å². The van der Waals surface area contributed by atoms with Gasteiger partial charge in [-0.15, -0.1) is 16.4 Å². The predicted octanol–water partition coefficient (Wildman–Crippen LogP) is 2.47. The topological polar surface area (TPSA) is 41.6 Å². The quantitative estimate of drug-likeness (QED) is 0.839. The number of H-pyrrole nitrogens is 1. The first-order valence-corrected chi connectivity index (χ1v) is 5.06. The fourth-order valence-electron chi connectivity index (χ4n) is 0.643. The van der Waals surface area contributed by atoms with Crippen molar-refractivity contribution in [3.63, 3.8) is 0 Å². The number of thiophene rings is 1. The van der Waals surface area contributed by atoms with Crippen molar-refractivity contribution in [1.29, 1.82) is 0 Å². The molecule has 0 atom stereocenters. The van der Waals surface area contributed by atoms with E-state index in [9.17, 15) is 0 Å². The summed E-state index contributed by atoms with van der Waals surface area (Å²) >= 11 is 8.63. The zero-order chi connectivity index (χ0) is 8.39. The summed E-state index contributed by atoms with van der Waals surface area (Å²) in [6, 6.07) is 4.74. The molecule has 0 fully saturated rings. The van der Waals surface area contributed by atoms with Crippen molar-refractivity contribution in [2.24, 2.45) is 0 Å². The summed E-state index contributed by atoms with van der Waals surface area (Å²) in [6.45, 7) is 0. The zero-order valence-corrected chi connectivity index (χ0v) is 8.13. The molecule has 1 N–H and O–H groups in total. The molecule has 3 nitrogen and oxygen atoms in total. The number of halogens is 1. The van der Waals surface area contributed by atoms with E-state index in [0.717, 1.165) is 8.55 Å². The van der Waals surface area contributed by atoms with Crippen molar-refractivity contribution in [2.45, 2.75) is 9.37 Å². The molecule has 1 radical (unpaired) electrons. The van der Waals surface area contributed by atoms with Crippen molar-refractivity contribution in [3.05, 3.63) is 22.8 Å². The Hall–Kier alpha value is -0.520. The predicted molar refractivity (Wildman–Crippen MR) is 48.7 cm³/mol. The lowest BCUT2D eigenvalue weighted by Gasteiger charge is -1.86. The number of hydrogen-bond acceptors (Lipinski definition) is 4. The summed E-state index contributed by atoms with van der Waals surface area (Å²) in [5.41, 5.74) is 0. The van der Waals surface area contributed by atoms with E-state index in [1.165, 1.54) is 29.4 Å². The molecule has 0 spiro atoms. The third kappa shape index (κ3) is 1.80. The molecule has 2 rings (SSSR count). The van der Waals surface area contributed by atoms with Crippen LogP contribution in [0.15, 0.2) is 21.8 Å². The van der Waals surface area contributed by atoms with Gasteiger partial charge in [-0.2, -0.15) is 0 Å². The minimum atomic E-state index is 0.685. The van der Waals surface area contributed by atoms with Crippen LogP contribution in [0.3, 0.4) is 0 Å². The van der Waals surface area contributed by atoms with Crippen LogP contribution in [0.4, 0.5) is 0 Å². The second-order valence-electron chi connectivity index (χ2n) is 1.87. The summed E-state index contributed by atoms with van der Waals surface area (Å²) in [5.74, 6) is 0. The molecular formula is C6H3ClN3S2. The maximum atomic E-state index is 5.73. The van der Waals surface area contributed by atoms with Crippen LogP contribution in [0.2, 0.25) is 4.34 Å². The van der Waals surface area contributed by atoms with Gasteiger partial charge in [0.1, 0.15) is 6.33 Å².